The number of anilines is 1. The van der Waals surface area contributed by atoms with Crippen molar-refractivity contribution in [3.8, 4) is 11.5 Å². The number of sulfone groups is 1. The second-order valence-corrected chi connectivity index (χ2v) is 8.10. The lowest BCUT2D eigenvalue weighted by Gasteiger charge is -2.02. The van der Waals surface area contributed by atoms with Crippen LogP contribution in [0.4, 0.5) is 6.01 Å². The summed E-state index contributed by atoms with van der Waals surface area (Å²) in [6.45, 7) is 0. The van der Waals surface area contributed by atoms with E-state index in [4.69, 9.17) is 4.42 Å². The van der Waals surface area contributed by atoms with Gasteiger partial charge in [-0.15, -0.1) is 5.10 Å². The minimum atomic E-state index is -3.31. The Morgan fingerprint density at radius 3 is 2.48 bits per heavy atom. The maximum atomic E-state index is 12.2. The SMILES string of the molecule is CS(=O)(=O)c1ccc(C(=O)Nc2nnc(-c3cccc(Br)c3)o2)cc1. The summed E-state index contributed by atoms with van der Waals surface area (Å²) in [7, 11) is -3.31. The van der Waals surface area contributed by atoms with E-state index in [2.05, 4.69) is 31.4 Å². The van der Waals surface area contributed by atoms with Crippen molar-refractivity contribution in [1.29, 1.82) is 0 Å². The van der Waals surface area contributed by atoms with Crippen LogP contribution in [-0.2, 0) is 9.84 Å². The number of amides is 1. The number of hydrogen-bond acceptors (Lipinski definition) is 6. The molecular weight excluding hydrogens is 410 g/mol. The average molecular weight is 422 g/mol. The standard InChI is InChI=1S/C16H12BrN3O4S/c1-25(22,23)13-7-5-10(6-8-13)14(21)18-16-20-19-15(24-16)11-3-2-4-12(17)9-11/h2-9H,1H3,(H,18,20,21). The molecule has 1 aromatic heterocycles. The lowest BCUT2D eigenvalue weighted by Crippen LogP contribution is -2.12. The maximum absolute atomic E-state index is 12.2. The summed E-state index contributed by atoms with van der Waals surface area (Å²) < 4.78 is 29.1. The van der Waals surface area contributed by atoms with E-state index in [1.807, 2.05) is 18.2 Å². The number of aromatic nitrogens is 2. The molecule has 0 aliphatic rings. The summed E-state index contributed by atoms with van der Waals surface area (Å²) in [6, 6.07) is 12.8. The molecule has 3 aromatic rings. The number of rotatable bonds is 4. The Labute approximate surface area is 152 Å². The fourth-order valence-electron chi connectivity index (χ4n) is 2.03. The molecule has 2 aromatic carbocycles. The Hall–Kier alpha value is -2.52. The Bertz CT molecular complexity index is 1030. The van der Waals surface area contributed by atoms with Gasteiger partial charge < -0.3 is 4.42 Å². The van der Waals surface area contributed by atoms with Crippen molar-refractivity contribution in [2.45, 2.75) is 4.90 Å². The normalized spacial score (nSPS) is 11.3. The van der Waals surface area contributed by atoms with E-state index >= 15 is 0 Å². The van der Waals surface area contributed by atoms with Crippen LogP contribution in [0.25, 0.3) is 11.5 Å². The topological polar surface area (TPSA) is 102 Å². The van der Waals surface area contributed by atoms with Crippen molar-refractivity contribution in [2.75, 3.05) is 11.6 Å². The molecule has 0 unspecified atom stereocenters. The predicted molar refractivity (Wildman–Crippen MR) is 94.9 cm³/mol. The summed E-state index contributed by atoms with van der Waals surface area (Å²) in [5.41, 5.74) is 0.981. The first-order chi connectivity index (χ1) is 11.8. The molecule has 0 aliphatic carbocycles. The zero-order valence-electron chi connectivity index (χ0n) is 12.9. The molecule has 0 atom stereocenters. The number of nitrogens with zero attached hydrogens (tertiary/aromatic N) is 2. The van der Waals surface area contributed by atoms with Gasteiger partial charge in [-0.05, 0) is 42.5 Å². The summed E-state index contributed by atoms with van der Waals surface area (Å²) in [5, 5.41) is 10.2. The zero-order chi connectivity index (χ0) is 18.0. The molecule has 0 aliphatic heterocycles. The molecule has 1 N–H and O–H groups in total. The molecule has 7 nitrogen and oxygen atoms in total. The van der Waals surface area contributed by atoms with Gasteiger partial charge in [0.25, 0.3) is 5.91 Å². The average Bonchev–Trinajstić information content (AvgIpc) is 3.03. The van der Waals surface area contributed by atoms with Crippen LogP contribution < -0.4 is 5.32 Å². The molecule has 0 fully saturated rings. The monoisotopic (exact) mass is 421 g/mol. The van der Waals surface area contributed by atoms with Crippen LogP contribution >= 0.6 is 15.9 Å². The van der Waals surface area contributed by atoms with Crippen LogP contribution in [0.1, 0.15) is 10.4 Å². The van der Waals surface area contributed by atoms with Gasteiger partial charge in [-0.3, -0.25) is 10.1 Å². The minimum absolute atomic E-state index is 0.0489. The lowest BCUT2D eigenvalue weighted by molar-refractivity contribution is 0.102. The van der Waals surface area contributed by atoms with Gasteiger partial charge in [-0.25, -0.2) is 8.42 Å². The molecule has 0 radical (unpaired) electrons. The van der Waals surface area contributed by atoms with Crippen LogP contribution in [0.3, 0.4) is 0 Å². The molecule has 0 bridgehead atoms. The van der Waals surface area contributed by atoms with E-state index in [-0.39, 0.29) is 22.4 Å². The van der Waals surface area contributed by atoms with Crippen LogP contribution in [0.5, 0.6) is 0 Å². The molecule has 1 heterocycles. The van der Waals surface area contributed by atoms with Gasteiger partial charge in [0, 0.05) is 21.9 Å². The Balaban J connectivity index is 1.75. The smallest absolute Gasteiger partial charge is 0.322 e. The van der Waals surface area contributed by atoms with Crippen LogP contribution in [0, 0.1) is 0 Å². The van der Waals surface area contributed by atoms with E-state index in [1.165, 1.54) is 24.3 Å². The highest BCUT2D eigenvalue weighted by molar-refractivity contribution is 9.10. The van der Waals surface area contributed by atoms with Crippen LogP contribution in [0.2, 0.25) is 0 Å². The lowest BCUT2D eigenvalue weighted by atomic mass is 10.2. The third-order valence-corrected chi connectivity index (χ3v) is 4.88. The summed E-state index contributed by atoms with van der Waals surface area (Å²) >= 11 is 3.35. The highest BCUT2D eigenvalue weighted by atomic mass is 79.9. The molecule has 9 heteroatoms. The third kappa shape index (κ3) is 4.12. The number of carbonyl (C=O) groups excluding carboxylic acids is 1. The van der Waals surface area contributed by atoms with Gasteiger partial charge in [0.15, 0.2) is 9.84 Å². The number of carbonyl (C=O) groups is 1. The van der Waals surface area contributed by atoms with E-state index in [1.54, 1.807) is 6.07 Å². The molecule has 128 valence electrons. The van der Waals surface area contributed by atoms with Gasteiger partial charge in [-0.1, -0.05) is 27.1 Å². The number of nitrogens with one attached hydrogen (secondary N) is 1. The van der Waals surface area contributed by atoms with Gasteiger partial charge in [0.2, 0.25) is 5.89 Å². The first kappa shape index (κ1) is 17.3. The molecule has 3 rings (SSSR count). The largest absolute Gasteiger partial charge is 0.403 e. The summed E-state index contributed by atoms with van der Waals surface area (Å²) in [5.74, 6) is -0.214. The van der Waals surface area contributed by atoms with Crippen molar-refractivity contribution >= 4 is 37.7 Å². The molecule has 1 amide bonds. The first-order valence-electron chi connectivity index (χ1n) is 7.04. The Morgan fingerprint density at radius 1 is 1.12 bits per heavy atom. The van der Waals surface area contributed by atoms with Gasteiger partial charge in [0.05, 0.1) is 4.90 Å². The van der Waals surface area contributed by atoms with E-state index < -0.39 is 15.7 Å². The fourth-order valence-corrected chi connectivity index (χ4v) is 3.06. The number of hydrogen-bond donors (Lipinski definition) is 1. The molecule has 0 spiro atoms. The Kier molecular flexibility index (Phi) is 4.69. The van der Waals surface area contributed by atoms with E-state index in [0.717, 1.165) is 10.7 Å². The molecular formula is C16H12BrN3O4S. The third-order valence-electron chi connectivity index (χ3n) is 3.26. The second-order valence-electron chi connectivity index (χ2n) is 5.17. The van der Waals surface area contributed by atoms with Crippen molar-refractivity contribution in [3.63, 3.8) is 0 Å². The predicted octanol–water partition coefficient (Wildman–Crippen LogP) is 3.15. The van der Waals surface area contributed by atoms with Gasteiger partial charge in [-0.2, -0.15) is 0 Å². The number of benzene rings is 2. The van der Waals surface area contributed by atoms with Crippen molar-refractivity contribution in [1.82, 2.24) is 10.2 Å². The molecule has 0 saturated carbocycles. The first-order valence-corrected chi connectivity index (χ1v) is 9.72. The van der Waals surface area contributed by atoms with E-state index in [9.17, 15) is 13.2 Å². The highest BCUT2D eigenvalue weighted by Gasteiger charge is 2.14. The highest BCUT2D eigenvalue weighted by Crippen LogP contribution is 2.23. The molecule has 0 saturated heterocycles. The van der Waals surface area contributed by atoms with Gasteiger partial charge in [0.1, 0.15) is 0 Å². The number of halogens is 1. The van der Waals surface area contributed by atoms with Crippen molar-refractivity contribution < 1.29 is 17.6 Å². The van der Waals surface area contributed by atoms with E-state index in [0.29, 0.717) is 5.56 Å². The van der Waals surface area contributed by atoms with Crippen LogP contribution in [-0.4, -0.2) is 30.8 Å². The molecule has 25 heavy (non-hydrogen) atoms. The fraction of sp³-hybridized carbons (Fsp3) is 0.0625. The maximum Gasteiger partial charge on any atom is 0.322 e. The quantitative estimate of drug-likeness (QED) is 0.693. The Morgan fingerprint density at radius 2 is 1.84 bits per heavy atom. The second kappa shape index (κ2) is 6.77. The summed E-state index contributed by atoms with van der Waals surface area (Å²) in [6.07, 6.45) is 1.10. The van der Waals surface area contributed by atoms with Gasteiger partial charge >= 0.3 is 6.01 Å². The van der Waals surface area contributed by atoms with Crippen molar-refractivity contribution in [2.24, 2.45) is 0 Å². The van der Waals surface area contributed by atoms with Crippen molar-refractivity contribution in [3.05, 3.63) is 58.6 Å². The zero-order valence-corrected chi connectivity index (χ0v) is 15.3. The minimum Gasteiger partial charge on any atom is -0.403 e. The van der Waals surface area contributed by atoms with Crippen LogP contribution in [0.15, 0.2) is 62.3 Å². The summed E-state index contributed by atoms with van der Waals surface area (Å²) in [4.78, 5) is 12.3.